The van der Waals surface area contributed by atoms with E-state index >= 15 is 0 Å². The van der Waals surface area contributed by atoms with Crippen molar-refractivity contribution < 1.29 is 14.3 Å². The van der Waals surface area contributed by atoms with Crippen LogP contribution in [0.2, 0.25) is 15.1 Å². The van der Waals surface area contributed by atoms with E-state index in [1.54, 1.807) is 18.2 Å². The standard InChI is InChI=1S/C16H12Cl3NO3/c17-12-4-2-1-3-11(12)8-20-15(21)9-23-16(22)10-5-6-13(18)14(19)7-10/h1-7H,8-9H2,(H,20,21). The van der Waals surface area contributed by atoms with Gasteiger partial charge in [-0.2, -0.15) is 0 Å². The molecule has 7 heteroatoms. The zero-order valence-electron chi connectivity index (χ0n) is 11.8. The lowest BCUT2D eigenvalue weighted by molar-refractivity contribution is -0.124. The number of benzene rings is 2. The lowest BCUT2D eigenvalue weighted by Crippen LogP contribution is -2.28. The van der Waals surface area contributed by atoms with Gasteiger partial charge >= 0.3 is 5.97 Å². The van der Waals surface area contributed by atoms with E-state index in [2.05, 4.69) is 5.32 Å². The summed E-state index contributed by atoms with van der Waals surface area (Å²) >= 11 is 17.6. The Morgan fingerprint density at radius 2 is 1.70 bits per heavy atom. The summed E-state index contributed by atoms with van der Waals surface area (Å²) in [7, 11) is 0. The van der Waals surface area contributed by atoms with Gasteiger partial charge in [0.05, 0.1) is 15.6 Å². The summed E-state index contributed by atoms with van der Waals surface area (Å²) in [6.45, 7) is -0.146. The molecule has 0 aromatic heterocycles. The van der Waals surface area contributed by atoms with Gasteiger partial charge in [0.15, 0.2) is 6.61 Å². The number of esters is 1. The van der Waals surface area contributed by atoms with Crippen molar-refractivity contribution in [1.82, 2.24) is 5.32 Å². The van der Waals surface area contributed by atoms with Crippen LogP contribution < -0.4 is 5.32 Å². The lowest BCUT2D eigenvalue weighted by atomic mass is 10.2. The van der Waals surface area contributed by atoms with Crippen molar-refractivity contribution in [3.63, 3.8) is 0 Å². The normalized spacial score (nSPS) is 10.2. The highest BCUT2D eigenvalue weighted by Crippen LogP contribution is 2.22. The van der Waals surface area contributed by atoms with Gasteiger partial charge in [-0.3, -0.25) is 4.79 Å². The number of hydrogen-bond donors (Lipinski definition) is 1. The third-order valence-corrected chi connectivity index (χ3v) is 4.03. The van der Waals surface area contributed by atoms with Gasteiger partial charge in [0.1, 0.15) is 0 Å². The molecule has 0 spiro atoms. The first-order valence-corrected chi connectivity index (χ1v) is 7.73. The maximum Gasteiger partial charge on any atom is 0.338 e. The van der Waals surface area contributed by atoms with Gasteiger partial charge in [0.2, 0.25) is 0 Å². The Morgan fingerprint density at radius 1 is 0.957 bits per heavy atom. The number of carbonyl (C=O) groups is 2. The fourth-order valence-electron chi connectivity index (χ4n) is 1.72. The number of halogens is 3. The molecule has 120 valence electrons. The second kappa shape index (κ2) is 8.20. The predicted octanol–water partition coefficient (Wildman–Crippen LogP) is 4.12. The van der Waals surface area contributed by atoms with Gasteiger partial charge < -0.3 is 10.1 Å². The molecule has 0 radical (unpaired) electrons. The molecule has 0 aliphatic rings. The van der Waals surface area contributed by atoms with Crippen LogP contribution in [0.4, 0.5) is 0 Å². The average molecular weight is 373 g/mol. The Bertz CT molecular complexity index is 734. The predicted molar refractivity (Wildman–Crippen MR) is 90.0 cm³/mol. The highest BCUT2D eigenvalue weighted by molar-refractivity contribution is 6.42. The highest BCUT2D eigenvalue weighted by Gasteiger charge is 2.12. The van der Waals surface area contributed by atoms with E-state index in [1.807, 2.05) is 6.07 Å². The van der Waals surface area contributed by atoms with Gasteiger partial charge in [-0.05, 0) is 29.8 Å². The van der Waals surface area contributed by atoms with E-state index in [0.29, 0.717) is 10.0 Å². The van der Waals surface area contributed by atoms with E-state index in [0.717, 1.165) is 5.56 Å². The SMILES string of the molecule is O=C(COC(=O)c1ccc(Cl)c(Cl)c1)NCc1ccccc1Cl. The molecule has 2 rings (SSSR count). The van der Waals surface area contributed by atoms with E-state index in [-0.39, 0.29) is 17.1 Å². The number of rotatable bonds is 5. The molecule has 0 bridgehead atoms. The largest absolute Gasteiger partial charge is 0.452 e. The van der Waals surface area contributed by atoms with Crippen LogP contribution in [-0.2, 0) is 16.1 Å². The van der Waals surface area contributed by atoms with Crippen LogP contribution in [-0.4, -0.2) is 18.5 Å². The quantitative estimate of drug-likeness (QED) is 0.803. The Kier molecular flexibility index (Phi) is 6.28. The van der Waals surface area contributed by atoms with E-state index < -0.39 is 18.5 Å². The van der Waals surface area contributed by atoms with Gasteiger partial charge in [0, 0.05) is 11.6 Å². The van der Waals surface area contributed by atoms with Crippen LogP contribution in [0.15, 0.2) is 42.5 Å². The highest BCUT2D eigenvalue weighted by atomic mass is 35.5. The Labute approximate surface area is 148 Å². The summed E-state index contributed by atoms with van der Waals surface area (Å²) in [5.74, 6) is -1.09. The summed E-state index contributed by atoms with van der Waals surface area (Å²) in [6.07, 6.45) is 0. The molecule has 0 atom stereocenters. The Morgan fingerprint density at radius 3 is 2.39 bits per heavy atom. The topological polar surface area (TPSA) is 55.4 Å². The number of ether oxygens (including phenoxy) is 1. The molecule has 2 aromatic carbocycles. The van der Waals surface area contributed by atoms with E-state index in [4.69, 9.17) is 39.5 Å². The van der Waals surface area contributed by atoms with Crippen molar-refractivity contribution in [2.45, 2.75) is 6.54 Å². The molecule has 2 aromatic rings. The maximum absolute atomic E-state index is 11.8. The molecule has 0 fully saturated rings. The van der Waals surface area contributed by atoms with Crippen LogP contribution in [0.1, 0.15) is 15.9 Å². The number of nitrogens with one attached hydrogen (secondary N) is 1. The summed E-state index contributed by atoms with van der Waals surface area (Å²) in [6, 6.07) is 11.5. The molecule has 1 N–H and O–H groups in total. The van der Waals surface area contributed by atoms with Gasteiger partial charge in [-0.25, -0.2) is 4.79 Å². The van der Waals surface area contributed by atoms with Crippen molar-refractivity contribution in [1.29, 1.82) is 0 Å². The van der Waals surface area contributed by atoms with Crippen LogP contribution in [0.3, 0.4) is 0 Å². The van der Waals surface area contributed by atoms with Gasteiger partial charge in [0.25, 0.3) is 5.91 Å². The first-order chi connectivity index (χ1) is 11.0. The summed E-state index contributed by atoms with van der Waals surface area (Å²) < 4.78 is 4.92. The Balaban J connectivity index is 1.83. The molecular formula is C16H12Cl3NO3. The van der Waals surface area contributed by atoms with Crippen molar-refractivity contribution in [2.75, 3.05) is 6.61 Å². The molecule has 0 aliphatic heterocycles. The third kappa shape index (κ3) is 5.13. The van der Waals surface area contributed by atoms with E-state index in [1.165, 1.54) is 18.2 Å². The van der Waals surface area contributed by atoms with Crippen LogP contribution >= 0.6 is 34.8 Å². The average Bonchev–Trinajstić information content (AvgIpc) is 2.54. The lowest BCUT2D eigenvalue weighted by Gasteiger charge is -2.08. The van der Waals surface area contributed by atoms with Crippen molar-refractivity contribution >= 4 is 46.7 Å². The van der Waals surface area contributed by atoms with Crippen molar-refractivity contribution in [2.24, 2.45) is 0 Å². The maximum atomic E-state index is 11.8. The minimum absolute atomic E-state index is 0.221. The fourth-order valence-corrected chi connectivity index (χ4v) is 2.22. The second-order valence-corrected chi connectivity index (χ2v) is 5.79. The molecular weight excluding hydrogens is 361 g/mol. The number of amides is 1. The summed E-state index contributed by atoms with van der Waals surface area (Å²) in [4.78, 5) is 23.5. The molecule has 4 nitrogen and oxygen atoms in total. The van der Waals surface area contributed by atoms with Crippen molar-refractivity contribution in [3.05, 3.63) is 68.7 Å². The molecule has 0 saturated carbocycles. The molecule has 0 unspecified atom stereocenters. The first-order valence-electron chi connectivity index (χ1n) is 6.59. The number of carbonyl (C=O) groups excluding carboxylic acids is 2. The molecule has 0 saturated heterocycles. The van der Waals surface area contributed by atoms with E-state index in [9.17, 15) is 9.59 Å². The van der Waals surface area contributed by atoms with Crippen LogP contribution in [0.25, 0.3) is 0 Å². The molecule has 0 heterocycles. The minimum Gasteiger partial charge on any atom is -0.452 e. The first kappa shape index (κ1) is 17.6. The van der Waals surface area contributed by atoms with Crippen molar-refractivity contribution in [3.8, 4) is 0 Å². The molecule has 23 heavy (non-hydrogen) atoms. The fraction of sp³-hybridized carbons (Fsp3) is 0.125. The zero-order valence-corrected chi connectivity index (χ0v) is 14.1. The smallest absolute Gasteiger partial charge is 0.338 e. The summed E-state index contributed by atoms with van der Waals surface area (Å²) in [5, 5.41) is 3.75. The summed E-state index contributed by atoms with van der Waals surface area (Å²) in [5.41, 5.74) is 0.997. The second-order valence-electron chi connectivity index (χ2n) is 4.57. The zero-order chi connectivity index (χ0) is 16.8. The minimum atomic E-state index is -0.656. The Hall–Kier alpha value is -1.75. The van der Waals surface area contributed by atoms with Gasteiger partial charge in [-0.1, -0.05) is 53.0 Å². The van der Waals surface area contributed by atoms with Crippen LogP contribution in [0, 0.1) is 0 Å². The van der Waals surface area contributed by atoms with Crippen LogP contribution in [0.5, 0.6) is 0 Å². The number of hydrogen-bond acceptors (Lipinski definition) is 3. The monoisotopic (exact) mass is 371 g/mol. The molecule has 1 amide bonds. The van der Waals surface area contributed by atoms with Gasteiger partial charge in [-0.15, -0.1) is 0 Å². The third-order valence-electron chi connectivity index (χ3n) is 2.92. The molecule has 0 aliphatic carbocycles.